The van der Waals surface area contributed by atoms with E-state index in [1.54, 1.807) is 0 Å². The van der Waals surface area contributed by atoms with Crippen molar-refractivity contribution < 1.29 is 0 Å². The lowest BCUT2D eigenvalue weighted by Crippen LogP contribution is -2.19. The van der Waals surface area contributed by atoms with Crippen LogP contribution in [0.4, 0.5) is 0 Å². The summed E-state index contributed by atoms with van der Waals surface area (Å²) >= 11 is 6.86. The van der Waals surface area contributed by atoms with Gasteiger partial charge in [-0.3, -0.25) is 4.98 Å². The molecule has 13 heavy (non-hydrogen) atoms. The molecule has 0 aliphatic carbocycles. The monoisotopic (exact) mass is 306 g/mol. The molecular weight excluding hydrogens is 296 g/mol. The fourth-order valence-electron chi connectivity index (χ4n) is 1.15. The maximum absolute atomic E-state index is 4.34. The van der Waals surface area contributed by atoms with Crippen LogP contribution in [0.5, 0.6) is 0 Å². The molecule has 72 valence electrons. The van der Waals surface area contributed by atoms with E-state index in [4.69, 9.17) is 0 Å². The van der Waals surface area contributed by atoms with Gasteiger partial charge in [-0.2, -0.15) is 0 Å². The van der Waals surface area contributed by atoms with Crippen molar-refractivity contribution in [2.24, 2.45) is 0 Å². The van der Waals surface area contributed by atoms with E-state index in [0.717, 1.165) is 21.2 Å². The molecule has 0 fully saturated rings. The van der Waals surface area contributed by atoms with Crippen molar-refractivity contribution >= 4 is 31.9 Å². The number of hydrogen-bond donors (Lipinski definition) is 1. The number of halogens is 2. The standard InChI is InChI=1S/C9H12Br2N2/c1-3-12-6(2)9-8(11)4-7(10)5-13-9/h4-6,12H,3H2,1-2H3. The number of pyridine rings is 1. The fraction of sp³-hybridized carbons (Fsp3) is 0.444. The lowest BCUT2D eigenvalue weighted by Gasteiger charge is -2.13. The van der Waals surface area contributed by atoms with Gasteiger partial charge in [0.2, 0.25) is 0 Å². The Morgan fingerprint density at radius 3 is 2.77 bits per heavy atom. The van der Waals surface area contributed by atoms with E-state index in [9.17, 15) is 0 Å². The minimum absolute atomic E-state index is 0.285. The van der Waals surface area contributed by atoms with Crippen molar-refractivity contribution in [1.29, 1.82) is 0 Å². The van der Waals surface area contributed by atoms with Crippen molar-refractivity contribution in [3.63, 3.8) is 0 Å². The van der Waals surface area contributed by atoms with Crippen molar-refractivity contribution in [3.8, 4) is 0 Å². The van der Waals surface area contributed by atoms with Crippen molar-refractivity contribution in [2.45, 2.75) is 19.9 Å². The Labute approximate surface area is 95.4 Å². The molecule has 0 amide bonds. The Kier molecular flexibility index (Phi) is 4.35. The Morgan fingerprint density at radius 1 is 1.54 bits per heavy atom. The average Bonchev–Trinajstić information content (AvgIpc) is 2.04. The number of hydrogen-bond acceptors (Lipinski definition) is 2. The zero-order valence-corrected chi connectivity index (χ0v) is 10.8. The summed E-state index contributed by atoms with van der Waals surface area (Å²) in [7, 11) is 0. The molecule has 1 N–H and O–H groups in total. The lowest BCUT2D eigenvalue weighted by molar-refractivity contribution is 0.581. The van der Waals surface area contributed by atoms with Crippen LogP contribution in [0.1, 0.15) is 25.6 Å². The molecule has 0 saturated carbocycles. The molecule has 0 aliphatic heterocycles. The summed E-state index contributed by atoms with van der Waals surface area (Å²) in [5.41, 5.74) is 1.05. The first-order valence-corrected chi connectivity index (χ1v) is 5.78. The van der Waals surface area contributed by atoms with Gasteiger partial charge >= 0.3 is 0 Å². The highest BCUT2D eigenvalue weighted by Crippen LogP contribution is 2.23. The van der Waals surface area contributed by atoms with Crippen molar-refractivity contribution in [3.05, 3.63) is 26.9 Å². The Bertz CT molecular complexity index is 289. The van der Waals surface area contributed by atoms with Gasteiger partial charge in [-0.25, -0.2) is 0 Å². The molecular formula is C9H12Br2N2. The molecule has 0 spiro atoms. The summed E-state index contributed by atoms with van der Waals surface area (Å²) in [6, 6.07) is 2.29. The highest BCUT2D eigenvalue weighted by atomic mass is 79.9. The van der Waals surface area contributed by atoms with Crippen molar-refractivity contribution in [1.82, 2.24) is 10.3 Å². The summed E-state index contributed by atoms with van der Waals surface area (Å²) in [5.74, 6) is 0. The second-order valence-corrected chi connectivity index (χ2v) is 4.57. The lowest BCUT2D eigenvalue weighted by atomic mass is 10.2. The summed E-state index contributed by atoms with van der Waals surface area (Å²) in [5, 5.41) is 3.31. The summed E-state index contributed by atoms with van der Waals surface area (Å²) in [6.45, 7) is 5.14. The first-order chi connectivity index (χ1) is 6.15. The topological polar surface area (TPSA) is 24.9 Å². The molecule has 1 aromatic heterocycles. The van der Waals surface area contributed by atoms with Crippen molar-refractivity contribution in [2.75, 3.05) is 6.54 Å². The predicted molar refractivity (Wildman–Crippen MR) is 61.7 cm³/mol. The third kappa shape index (κ3) is 3.04. The van der Waals surface area contributed by atoms with Gasteiger partial charge in [0.05, 0.1) is 5.69 Å². The van der Waals surface area contributed by atoms with E-state index in [1.165, 1.54) is 0 Å². The van der Waals surface area contributed by atoms with Crippen LogP contribution >= 0.6 is 31.9 Å². The Morgan fingerprint density at radius 2 is 2.23 bits per heavy atom. The van der Waals surface area contributed by atoms with E-state index < -0.39 is 0 Å². The van der Waals surface area contributed by atoms with Gasteiger partial charge in [-0.15, -0.1) is 0 Å². The molecule has 2 nitrogen and oxygen atoms in total. The maximum Gasteiger partial charge on any atom is 0.0712 e. The second kappa shape index (κ2) is 5.08. The molecule has 1 heterocycles. The molecule has 0 aliphatic rings. The molecule has 1 aromatic rings. The van der Waals surface area contributed by atoms with Gasteiger partial charge in [-0.05, 0) is 51.4 Å². The quantitative estimate of drug-likeness (QED) is 0.927. The molecule has 0 saturated heterocycles. The second-order valence-electron chi connectivity index (χ2n) is 2.80. The average molecular weight is 308 g/mol. The van der Waals surface area contributed by atoms with Crippen LogP contribution in [-0.2, 0) is 0 Å². The maximum atomic E-state index is 4.34. The highest BCUT2D eigenvalue weighted by Gasteiger charge is 2.09. The molecule has 4 heteroatoms. The number of aromatic nitrogens is 1. The molecule has 1 unspecified atom stereocenters. The highest BCUT2D eigenvalue weighted by molar-refractivity contribution is 9.11. The minimum Gasteiger partial charge on any atom is -0.309 e. The first-order valence-electron chi connectivity index (χ1n) is 4.19. The van der Waals surface area contributed by atoms with Crippen LogP contribution in [0.3, 0.4) is 0 Å². The molecule has 0 radical (unpaired) electrons. The zero-order chi connectivity index (χ0) is 9.84. The normalized spacial score (nSPS) is 12.9. The summed E-state index contributed by atoms with van der Waals surface area (Å²) in [6.07, 6.45) is 1.81. The largest absolute Gasteiger partial charge is 0.309 e. The number of rotatable bonds is 3. The van der Waals surface area contributed by atoms with Gasteiger partial charge < -0.3 is 5.32 Å². The van der Waals surface area contributed by atoms with E-state index in [1.807, 2.05) is 12.3 Å². The first kappa shape index (κ1) is 11.1. The third-order valence-corrected chi connectivity index (χ3v) is 2.83. The third-order valence-electron chi connectivity index (χ3n) is 1.76. The summed E-state index contributed by atoms with van der Waals surface area (Å²) < 4.78 is 2.03. The Balaban J connectivity index is 2.88. The molecule has 0 aromatic carbocycles. The van der Waals surface area contributed by atoms with E-state index in [2.05, 4.69) is 56.0 Å². The SMILES string of the molecule is CCNC(C)c1ncc(Br)cc1Br. The summed E-state index contributed by atoms with van der Waals surface area (Å²) in [4.78, 5) is 4.34. The van der Waals surface area contributed by atoms with E-state index >= 15 is 0 Å². The van der Waals surface area contributed by atoms with Crippen LogP contribution in [0.2, 0.25) is 0 Å². The van der Waals surface area contributed by atoms with Gasteiger partial charge in [0, 0.05) is 21.2 Å². The molecule has 0 bridgehead atoms. The van der Waals surface area contributed by atoms with Crippen LogP contribution in [-0.4, -0.2) is 11.5 Å². The van der Waals surface area contributed by atoms with Gasteiger partial charge in [0.1, 0.15) is 0 Å². The number of nitrogens with one attached hydrogen (secondary N) is 1. The van der Waals surface area contributed by atoms with Gasteiger partial charge in [0.25, 0.3) is 0 Å². The molecule has 1 atom stereocenters. The van der Waals surface area contributed by atoms with Crippen LogP contribution < -0.4 is 5.32 Å². The smallest absolute Gasteiger partial charge is 0.0712 e. The Hall–Kier alpha value is 0.0700. The minimum atomic E-state index is 0.285. The van der Waals surface area contributed by atoms with Gasteiger partial charge in [0.15, 0.2) is 0 Å². The molecule has 1 rings (SSSR count). The fourth-order valence-corrected chi connectivity index (χ4v) is 2.48. The zero-order valence-electron chi connectivity index (χ0n) is 7.64. The van der Waals surface area contributed by atoms with Gasteiger partial charge in [-0.1, -0.05) is 6.92 Å². The van der Waals surface area contributed by atoms with E-state index in [0.29, 0.717) is 0 Å². The predicted octanol–water partition coefficient (Wildman–Crippen LogP) is 3.28. The van der Waals surface area contributed by atoms with Crippen LogP contribution in [0, 0.1) is 0 Å². The number of nitrogens with zero attached hydrogens (tertiary/aromatic N) is 1. The van der Waals surface area contributed by atoms with Crippen LogP contribution in [0.15, 0.2) is 21.2 Å². The van der Waals surface area contributed by atoms with E-state index in [-0.39, 0.29) is 6.04 Å². The van der Waals surface area contributed by atoms with Crippen LogP contribution in [0.25, 0.3) is 0 Å².